The minimum absolute atomic E-state index is 0.0860. The molecule has 0 saturated carbocycles. The molecule has 0 radical (unpaired) electrons. The Labute approximate surface area is 323 Å². The van der Waals surface area contributed by atoms with Crippen molar-refractivity contribution in [2.75, 3.05) is 13.2 Å². The summed E-state index contributed by atoms with van der Waals surface area (Å²) in [5.41, 5.74) is 4.00. The molecule has 0 saturated heterocycles. The minimum Gasteiger partial charge on any atom is -0.466 e. The summed E-state index contributed by atoms with van der Waals surface area (Å²) in [6.07, 6.45) is 29.4. The molecule has 0 aliphatic rings. The van der Waals surface area contributed by atoms with E-state index in [-0.39, 0.29) is 25.2 Å². The number of furan rings is 2. The van der Waals surface area contributed by atoms with E-state index in [1.54, 1.807) is 0 Å². The molecule has 2 heterocycles. The van der Waals surface area contributed by atoms with E-state index in [2.05, 4.69) is 40.7 Å². The molecule has 0 aliphatic carbocycles. The maximum Gasteiger partial charge on any atom is 0.306 e. The zero-order chi connectivity index (χ0) is 38.5. The van der Waals surface area contributed by atoms with Gasteiger partial charge in [-0.3, -0.25) is 9.59 Å². The molecule has 0 spiro atoms. The largest absolute Gasteiger partial charge is 0.466 e. The average molecular weight is 743 g/mol. The Kier molecular flexibility index (Phi) is 26.2. The van der Waals surface area contributed by atoms with Gasteiger partial charge in [0, 0.05) is 38.5 Å². The highest BCUT2D eigenvalue weighted by Crippen LogP contribution is 2.25. The topological polar surface area (TPSA) is 99.1 Å². The molecule has 0 aromatic carbocycles. The van der Waals surface area contributed by atoms with Gasteiger partial charge < -0.3 is 23.4 Å². The molecule has 0 unspecified atom stereocenters. The Balaban J connectivity index is 1.38. The van der Waals surface area contributed by atoms with Crippen LogP contribution in [-0.4, -0.2) is 36.4 Å². The maximum atomic E-state index is 12.3. The van der Waals surface area contributed by atoms with Crippen LogP contribution in [0.5, 0.6) is 0 Å². The van der Waals surface area contributed by atoms with E-state index in [1.807, 2.05) is 0 Å². The lowest BCUT2D eigenvalue weighted by Crippen LogP contribution is -2.28. The molecular formula is C46H78O7. The molecule has 1 atom stereocenters. The lowest BCUT2D eigenvalue weighted by molar-refractivity contribution is -0.161. The summed E-state index contributed by atoms with van der Waals surface area (Å²) in [5, 5.41) is 9.62. The average Bonchev–Trinajstić information content (AvgIpc) is 3.64. The molecule has 53 heavy (non-hydrogen) atoms. The summed E-state index contributed by atoms with van der Waals surface area (Å²) in [7, 11) is 0. The number of esters is 2. The number of ether oxygens (including phenoxy) is 2. The molecule has 2 aromatic rings. The molecule has 0 aliphatic heterocycles. The Morgan fingerprint density at radius 1 is 0.566 bits per heavy atom. The monoisotopic (exact) mass is 743 g/mol. The minimum atomic E-state index is -0.796. The summed E-state index contributed by atoms with van der Waals surface area (Å²) in [4.78, 5) is 24.5. The first kappa shape index (κ1) is 46.6. The second kappa shape index (κ2) is 29.8. The second-order valence-corrected chi connectivity index (χ2v) is 15.6. The number of aliphatic hydroxyl groups is 1. The van der Waals surface area contributed by atoms with Crippen LogP contribution in [0.2, 0.25) is 0 Å². The normalized spacial score (nSPS) is 12.0. The van der Waals surface area contributed by atoms with E-state index >= 15 is 0 Å². The Morgan fingerprint density at radius 3 is 1.51 bits per heavy atom. The van der Waals surface area contributed by atoms with Crippen molar-refractivity contribution in [2.45, 2.75) is 221 Å². The van der Waals surface area contributed by atoms with Gasteiger partial charge in [-0.15, -0.1) is 0 Å². The summed E-state index contributed by atoms with van der Waals surface area (Å²) < 4.78 is 23.0. The second-order valence-electron chi connectivity index (χ2n) is 15.6. The Morgan fingerprint density at radius 2 is 1.00 bits per heavy atom. The molecule has 0 bridgehead atoms. The highest BCUT2D eigenvalue weighted by atomic mass is 16.6. The van der Waals surface area contributed by atoms with Gasteiger partial charge in [-0.1, -0.05) is 117 Å². The van der Waals surface area contributed by atoms with Crippen molar-refractivity contribution in [3.63, 3.8) is 0 Å². The first-order valence-electron chi connectivity index (χ1n) is 21.9. The number of aliphatic hydroxyl groups excluding tert-OH is 1. The molecule has 2 aromatic heterocycles. The van der Waals surface area contributed by atoms with Crippen molar-refractivity contribution in [3.8, 4) is 0 Å². The lowest BCUT2D eigenvalue weighted by atomic mass is 10.0. The van der Waals surface area contributed by atoms with Crippen molar-refractivity contribution in [1.29, 1.82) is 0 Å². The zero-order valence-corrected chi connectivity index (χ0v) is 34.8. The molecule has 0 amide bonds. The van der Waals surface area contributed by atoms with Crippen molar-refractivity contribution >= 4 is 11.9 Å². The van der Waals surface area contributed by atoms with Crippen LogP contribution in [0.4, 0.5) is 0 Å². The number of carbonyl (C=O) groups excluding carboxylic acids is 2. The third-order valence-corrected chi connectivity index (χ3v) is 10.8. The standard InChI is InChI=1S/C46H78O7/c1-6-8-22-28-40-34-37(3)42(51-40)29-24-18-16-17-21-27-33-46(49)52-41(35-47)36-50-45(48)32-26-20-15-13-11-10-12-14-19-25-31-44-39(5)38(4)43(53-44)30-23-9-7-2/h34,41,47H,6-33,35-36H2,1-5H3/t41-/m0/s1. The van der Waals surface area contributed by atoms with Crippen LogP contribution in [0.25, 0.3) is 0 Å². The number of aryl methyl sites for hydroxylation is 5. The summed E-state index contributed by atoms with van der Waals surface area (Å²) in [6, 6.07) is 2.21. The van der Waals surface area contributed by atoms with Crippen LogP contribution in [0.1, 0.15) is 208 Å². The van der Waals surface area contributed by atoms with Gasteiger partial charge in [-0.2, -0.15) is 0 Å². The lowest BCUT2D eigenvalue weighted by Gasteiger charge is -2.15. The number of hydrogen-bond donors (Lipinski definition) is 1. The Bertz CT molecular complexity index is 1220. The fourth-order valence-corrected chi connectivity index (χ4v) is 7.10. The van der Waals surface area contributed by atoms with Gasteiger partial charge in [0.1, 0.15) is 29.6 Å². The smallest absolute Gasteiger partial charge is 0.306 e. The number of carbonyl (C=O) groups is 2. The molecule has 7 heteroatoms. The number of rotatable bonds is 34. The third kappa shape index (κ3) is 21.2. The first-order chi connectivity index (χ1) is 25.8. The molecule has 7 nitrogen and oxygen atoms in total. The summed E-state index contributed by atoms with van der Waals surface area (Å²) >= 11 is 0. The van der Waals surface area contributed by atoms with Gasteiger partial charge in [0.15, 0.2) is 6.10 Å². The highest BCUT2D eigenvalue weighted by Gasteiger charge is 2.16. The van der Waals surface area contributed by atoms with E-state index in [0.29, 0.717) is 12.8 Å². The van der Waals surface area contributed by atoms with Crippen molar-refractivity contribution in [2.24, 2.45) is 0 Å². The fraction of sp³-hybridized carbons (Fsp3) is 0.783. The third-order valence-electron chi connectivity index (χ3n) is 10.8. The van der Waals surface area contributed by atoms with Gasteiger partial charge in [0.05, 0.1) is 6.61 Å². The van der Waals surface area contributed by atoms with Gasteiger partial charge in [-0.05, 0) is 82.1 Å². The summed E-state index contributed by atoms with van der Waals surface area (Å²) in [6.45, 7) is 10.6. The highest BCUT2D eigenvalue weighted by molar-refractivity contribution is 5.70. The molecule has 1 N–H and O–H groups in total. The molecular weight excluding hydrogens is 664 g/mol. The van der Waals surface area contributed by atoms with Gasteiger partial charge in [0.2, 0.25) is 0 Å². The number of hydrogen-bond acceptors (Lipinski definition) is 7. The van der Waals surface area contributed by atoms with Gasteiger partial charge >= 0.3 is 11.9 Å². The van der Waals surface area contributed by atoms with Crippen molar-refractivity contribution in [3.05, 3.63) is 45.8 Å². The van der Waals surface area contributed by atoms with Gasteiger partial charge in [0.25, 0.3) is 0 Å². The number of unbranched alkanes of at least 4 members (excludes halogenated alkanes) is 18. The zero-order valence-electron chi connectivity index (χ0n) is 34.8. The van der Waals surface area contributed by atoms with Crippen LogP contribution >= 0.6 is 0 Å². The molecule has 0 fully saturated rings. The molecule has 304 valence electrons. The maximum absolute atomic E-state index is 12.3. The van der Waals surface area contributed by atoms with Crippen LogP contribution in [-0.2, 0) is 44.7 Å². The van der Waals surface area contributed by atoms with Crippen molar-refractivity contribution < 1.29 is 33.0 Å². The van der Waals surface area contributed by atoms with Crippen LogP contribution in [0, 0.1) is 20.8 Å². The predicted octanol–water partition coefficient (Wildman–Crippen LogP) is 12.5. The predicted molar refractivity (Wildman–Crippen MR) is 217 cm³/mol. The van der Waals surface area contributed by atoms with Crippen molar-refractivity contribution in [1.82, 2.24) is 0 Å². The van der Waals surface area contributed by atoms with E-state index < -0.39 is 6.10 Å². The quantitative estimate of drug-likeness (QED) is 0.0563. The van der Waals surface area contributed by atoms with E-state index in [1.165, 1.54) is 112 Å². The summed E-state index contributed by atoms with van der Waals surface area (Å²) in [5.74, 6) is 4.05. The van der Waals surface area contributed by atoms with E-state index in [0.717, 1.165) is 95.0 Å². The SMILES string of the molecule is CCCCCc1cc(C)c(CCCCCCCCC(=O)O[C@@H](CO)COC(=O)CCCCCCCCCCCCc2oc(CCCCC)c(C)c2C)o1. The van der Waals surface area contributed by atoms with E-state index in [9.17, 15) is 14.7 Å². The van der Waals surface area contributed by atoms with Crippen LogP contribution < -0.4 is 0 Å². The van der Waals surface area contributed by atoms with Crippen LogP contribution in [0.15, 0.2) is 14.9 Å². The Hall–Kier alpha value is -2.54. The van der Waals surface area contributed by atoms with E-state index in [4.69, 9.17) is 18.3 Å². The van der Waals surface area contributed by atoms with Gasteiger partial charge in [-0.25, -0.2) is 0 Å². The molecule has 2 rings (SSSR count). The first-order valence-corrected chi connectivity index (χ1v) is 21.9. The fourth-order valence-electron chi connectivity index (χ4n) is 7.10. The van der Waals surface area contributed by atoms with Crippen LogP contribution in [0.3, 0.4) is 0 Å².